The first-order chi connectivity index (χ1) is 14.4. The molecule has 162 valence electrons. The molecule has 0 spiro atoms. The van der Waals surface area contributed by atoms with Gasteiger partial charge in [-0.1, -0.05) is 0 Å². The Bertz CT molecular complexity index is 1140. The summed E-state index contributed by atoms with van der Waals surface area (Å²) in [5.41, 5.74) is -4.52. The first kappa shape index (κ1) is 21.9. The zero-order valence-electron chi connectivity index (χ0n) is 15.7. The lowest BCUT2D eigenvalue weighted by atomic mass is 10.1. The molecule has 0 unspecified atom stereocenters. The fourth-order valence-corrected chi connectivity index (χ4v) is 2.90. The Hall–Kier alpha value is -3.75. The van der Waals surface area contributed by atoms with E-state index in [1.54, 1.807) is 11.4 Å². The van der Waals surface area contributed by atoms with Gasteiger partial charge in [0.25, 0.3) is 17.6 Å². The minimum absolute atomic E-state index is 0.0463. The lowest BCUT2D eigenvalue weighted by Crippen LogP contribution is -2.50. The molecule has 31 heavy (non-hydrogen) atoms. The van der Waals surface area contributed by atoms with Crippen molar-refractivity contribution in [2.75, 3.05) is 5.32 Å². The Morgan fingerprint density at radius 3 is 2.39 bits per heavy atom. The number of halogens is 5. The van der Waals surface area contributed by atoms with Crippen LogP contribution >= 0.6 is 0 Å². The van der Waals surface area contributed by atoms with Crippen LogP contribution in [0.15, 0.2) is 24.4 Å². The number of hydrogen-bond donors (Lipinski definition) is 2. The summed E-state index contributed by atoms with van der Waals surface area (Å²) in [5.74, 6) is -6.57. The van der Waals surface area contributed by atoms with Gasteiger partial charge in [-0.15, -0.1) is 0 Å². The van der Waals surface area contributed by atoms with Crippen LogP contribution in [-0.4, -0.2) is 33.9 Å². The molecule has 1 aliphatic rings. The molecule has 0 radical (unpaired) electrons. The van der Waals surface area contributed by atoms with Gasteiger partial charge in [0.05, 0.1) is 11.1 Å². The van der Waals surface area contributed by atoms with Crippen LogP contribution in [0, 0.1) is 23.0 Å². The third-order valence-corrected chi connectivity index (χ3v) is 4.78. The van der Waals surface area contributed by atoms with E-state index in [1.807, 2.05) is 0 Å². The van der Waals surface area contributed by atoms with E-state index in [4.69, 9.17) is 5.26 Å². The van der Waals surface area contributed by atoms with E-state index >= 15 is 0 Å². The zero-order valence-corrected chi connectivity index (χ0v) is 15.7. The van der Waals surface area contributed by atoms with Crippen LogP contribution in [0.3, 0.4) is 0 Å². The van der Waals surface area contributed by atoms with E-state index < -0.39 is 65.0 Å². The first-order valence-electron chi connectivity index (χ1n) is 8.69. The molecular formula is C19H13F5N4O3. The van der Waals surface area contributed by atoms with E-state index in [2.05, 4.69) is 5.32 Å². The van der Waals surface area contributed by atoms with Gasteiger partial charge in [-0.2, -0.15) is 18.4 Å². The molecule has 12 heteroatoms. The highest BCUT2D eigenvalue weighted by Gasteiger charge is 2.64. The number of carbonyl (C=O) groups excluding carboxylic acids is 3. The fourth-order valence-electron chi connectivity index (χ4n) is 2.90. The normalized spacial score (nSPS) is 14.5. The summed E-state index contributed by atoms with van der Waals surface area (Å²) >= 11 is 0. The van der Waals surface area contributed by atoms with Gasteiger partial charge in [-0.3, -0.25) is 14.4 Å². The summed E-state index contributed by atoms with van der Waals surface area (Å²) < 4.78 is 67.9. The van der Waals surface area contributed by atoms with Gasteiger partial charge >= 0.3 is 6.18 Å². The van der Waals surface area contributed by atoms with Crippen LogP contribution < -0.4 is 10.6 Å². The fraction of sp³-hybridized carbons (Fsp3) is 0.263. The SMILES string of the molecule is Cn1cc(C(=O)C(=O)NC2(C(F)(F)F)CC2)c(F)c1C(=O)Nc1ccc(F)c(C#N)c1. The predicted octanol–water partition coefficient (Wildman–Crippen LogP) is 2.82. The van der Waals surface area contributed by atoms with Crippen molar-refractivity contribution in [1.82, 2.24) is 9.88 Å². The topological polar surface area (TPSA) is 104 Å². The number of benzene rings is 1. The van der Waals surface area contributed by atoms with Crippen molar-refractivity contribution < 1.29 is 36.3 Å². The molecule has 1 aromatic heterocycles. The number of carbonyl (C=O) groups is 3. The number of nitriles is 1. The molecule has 0 saturated heterocycles. The molecular weight excluding hydrogens is 427 g/mol. The Labute approximate surface area is 171 Å². The van der Waals surface area contributed by atoms with E-state index in [1.165, 1.54) is 7.05 Å². The van der Waals surface area contributed by atoms with Crippen LogP contribution in [0.25, 0.3) is 0 Å². The van der Waals surface area contributed by atoms with Crippen LogP contribution in [0.1, 0.15) is 39.3 Å². The number of aromatic nitrogens is 1. The minimum Gasteiger partial charge on any atom is -0.343 e. The van der Waals surface area contributed by atoms with E-state index in [0.29, 0.717) is 0 Å². The Morgan fingerprint density at radius 1 is 1.19 bits per heavy atom. The largest absolute Gasteiger partial charge is 0.411 e. The summed E-state index contributed by atoms with van der Waals surface area (Å²) in [5, 5.41) is 12.6. The summed E-state index contributed by atoms with van der Waals surface area (Å²) in [4.78, 5) is 36.6. The standard InChI is InChI=1S/C19H13F5N4O3/c1-28-8-11(15(29)17(31)27-18(4-5-18)19(22,23)24)13(21)14(28)16(30)26-10-2-3-12(20)9(6-10)7-25/h2-3,6,8H,4-5H2,1H3,(H,26,30)(H,27,31). The van der Waals surface area contributed by atoms with Crippen molar-refractivity contribution in [3.63, 3.8) is 0 Å². The van der Waals surface area contributed by atoms with Crippen molar-refractivity contribution >= 4 is 23.3 Å². The van der Waals surface area contributed by atoms with Crippen molar-refractivity contribution in [3.05, 3.63) is 52.9 Å². The van der Waals surface area contributed by atoms with Gasteiger partial charge < -0.3 is 15.2 Å². The van der Waals surface area contributed by atoms with Gasteiger partial charge in [0.2, 0.25) is 0 Å². The number of nitrogens with one attached hydrogen (secondary N) is 2. The number of amides is 2. The maximum atomic E-state index is 14.7. The van der Waals surface area contributed by atoms with Crippen LogP contribution in [-0.2, 0) is 11.8 Å². The molecule has 2 amide bonds. The minimum atomic E-state index is -4.76. The summed E-state index contributed by atoms with van der Waals surface area (Å²) in [6, 6.07) is 4.58. The lowest BCUT2D eigenvalue weighted by molar-refractivity contribution is -0.169. The monoisotopic (exact) mass is 440 g/mol. The van der Waals surface area contributed by atoms with E-state index in [0.717, 1.165) is 29.0 Å². The zero-order chi connectivity index (χ0) is 23.1. The molecule has 0 bridgehead atoms. The summed E-state index contributed by atoms with van der Waals surface area (Å²) in [6.07, 6.45) is -4.77. The number of ketones is 1. The van der Waals surface area contributed by atoms with Gasteiger partial charge in [-0.05, 0) is 31.0 Å². The predicted molar refractivity (Wildman–Crippen MR) is 94.9 cm³/mol. The third-order valence-electron chi connectivity index (χ3n) is 4.78. The maximum Gasteiger partial charge on any atom is 0.411 e. The summed E-state index contributed by atoms with van der Waals surface area (Å²) in [7, 11) is 1.18. The number of nitrogens with zero attached hydrogens (tertiary/aromatic N) is 2. The average molecular weight is 440 g/mol. The van der Waals surface area contributed by atoms with Gasteiger partial charge in [0.15, 0.2) is 5.82 Å². The maximum absolute atomic E-state index is 14.7. The second-order valence-corrected chi connectivity index (χ2v) is 6.94. The summed E-state index contributed by atoms with van der Waals surface area (Å²) in [6.45, 7) is 0. The number of alkyl halides is 3. The molecule has 0 aliphatic heterocycles. The van der Waals surface area contributed by atoms with Crippen molar-refractivity contribution in [2.45, 2.75) is 24.6 Å². The Kier molecular flexibility index (Phi) is 5.31. The lowest BCUT2D eigenvalue weighted by Gasteiger charge is -2.19. The van der Waals surface area contributed by atoms with Gasteiger partial charge in [0, 0.05) is 18.9 Å². The quantitative estimate of drug-likeness (QED) is 0.424. The Balaban J connectivity index is 1.82. The van der Waals surface area contributed by atoms with E-state index in [-0.39, 0.29) is 11.3 Å². The number of anilines is 1. The number of rotatable bonds is 5. The van der Waals surface area contributed by atoms with Crippen molar-refractivity contribution in [3.8, 4) is 6.07 Å². The smallest absolute Gasteiger partial charge is 0.343 e. The molecule has 1 fully saturated rings. The van der Waals surface area contributed by atoms with Crippen LogP contribution in [0.4, 0.5) is 27.6 Å². The number of aryl methyl sites for hydroxylation is 1. The molecule has 1 aliphatic carbocycles. The molecule has 1 saturated carbocycles. The first-order valence-corrected chi connectivity index (χ1v) is 8.69. The highest BCUT2D eigenvalue weighted by atomic mass is 19.4. The van der Waals surface area contributed by atoms with Crippen molar-refractivity contribution in [1.29, 1.82) is 5.26 Å². The third kappa shape index (κ3) is 3.98. The number of Topliss-reactive ketones (excluding diaryl/α,β-unsaturated/α-hetero) is 1. The molecule has 7 nitrogen and oxygen atoms in total. The molecule has 2 N–H and O–H groups in total. The highest BCUT2D eigenvalue weighted by Crippen LogP contribution is 2.48. The molecule has 1 heterocycles. The Morgan fingerprint density at radius 2 is 1.84 bits per heavy atom. The van der Waals surface area contributed by atoms with Crippen LogP contribution in [0.2, 0.25) is 0 Å². The van der Waals surface area contributed by atoms with Gasteiger partial charge in [0.1, 0.15) is 23.1 Å². The van der Waals surface area contributed by atoms with E-state index in [9.17, 15) is 36.3 Å². The average Bonchev–Trinajstić information content (AvgIpc) is 3.41. The van der Waals surface area contributed by atoms with Gasteiger partial charge in [-0.25, -0.2) is 8.78 Å². The molecule has 3 rings (SSSR count). The van der Waals surface area contributed by atoms with Crippen LogP contribution in [0.5, 0.6) is 0 Å². The highest BCUT2D eigenvalue weighted by molar-refractivity contribution is 6.43. The molecule has 1 aromatic carbocycles. The second-order valence-electron chi connectivity index (χ2n) is 6.94. The molecule has 2 aromatic rings. The second kappa shape index (κ2) is 7.50. The molecule has 0 atom stereocenters. The number of hydrogen-bond acceptors (Lipinski definition) is 4. The van der Waals surface area contributed by atoms with Crippen molar-refractivity contribution in [2.24, 2.45) is 7.05 Å².